The molecular weight excluding hydrogens is 140 g/mol. The van der Waals surface area contributed by atoms with Crippen LogP contribution >= 0.6 is 0 Å². The van der Waals surface area contributed by atoms with Gasteiger partial charge in [0.1, 0.15) is 0 Å². The Labute approximate surface area is 53.2 Å². The summed E-state index contributed by atoms with van der Waals surface area (Å²) in [6.45, 7) is 0. The predicted octanol–water partition coefficient (Wildman–Crippen LogP) is -0.859. The number of hydrogen-bond donors (Lipinski definition) is 0. The average molecular weight is 140 g/mol. The first-order chi connectivity index (χ1) is 1.00. The largest absolute Gasteiger partial charge is 4.00 e. The number of hydrogen-bond acceptors (Lipinski definition) is 1. The molecule has 0 aromatic heterocycles. The molecule has 6 heavy (non-hydrogen) atoms. The van der Waals surface area contributed by atoms with Crippen LogP contribution in [-0.4, -0.2) is 10.1 Å². The first-order valence-corrected chi connectivity index (χ1v) is 0.612. The van der Waals surface area contributed by atoms with Gasteiger partial charge in [0.15, 0.2) is 0 Å². The van der Waals surface area contributed by atoms with Gasteiger partial charge in [-0.2, -0.15) is 0 Å². The molecule has 4 nitrogen and oxygen atoms in total. The minimum atomic E-state index is 0. The van der Waals surface area contributed by atoms with Crippen LogP contribution in [0.4, 0.5) is 0 Å². The second-order valence-electron chi connectivity index (χ2n) is 0. The molecule has 0 fully saturated rings. The summed E-state index contributed by atoms with van der Waals surface area (Å²) in [6.07, 6.45) is 0. The van der Waals surface area contributed by atoms with E-state index in [1.54, 1.807) is 10.1 Å². The third-order valence-corrected chi connectivity index (χ3v) is 0. The first-order valence-electron chi connectivity index (χ1n) is 0.204. The van der Waals surface area contributed by atoms with Crippen LogP contribution in [0.3, 0.4) is 0 Å². The normalized spacial score (nSPS) is 1.00. The maximum Gasteiger partial charge on any atom is 4.00 e. The molecular formula is O4SiTi. The van der Waals surface area contributed by atoms with Crippen molar-refractivity contribution in [2.45, 2.75) is 0 Å². The Morgan fingerprint density at radius 3 is 0.833 bits per heavy atom. The van der Waals surface area contributed by atoms with Gasteiger partial charge in [0, 0.05) is 0 Å². The SMILES string of the molecule is O=[Si+2].[O-2].[O-2].[O-2].[Ti+4]. The zero-order valence-electron chi connectivity index (χ0n) is 2.63. The van der Waals surface area contributed by atoms with Crippen LogP contribution in [0.15, 0.2) is 0 Å². The third kappa shape index (κ3) is 161. The van der Waals surface area contributed by atoms with E-state index in [2.05, 4.69) is 0 Å². The number of rotatable bonds is 0. The fourth-order valence-corrected chi connectivity index (χ4v) is 0. The van der Waals surface area contributed by atoms with Gasteiger partial charge in [0.25, 0.3) is 0 Å². The quantitative estimate of drug-likeness (QED) is 0.401. The van der Waals surface area contributed by atoms with Gasteiger partial charge in [0.05, 0.1) is 0 Å². The van der Waals surface area contributed by atoms with Gasteiger partial charge in [-0.25, -0.2) is 0 Å². The molecule has 0 unspecified atom stereocenters. The van der Waals surface area contributed by atoms with Gasteiger partial charge in [-0.15, -0.1) is 0 Å². The molecule has 32 valence electrons. The summed E-state index contributed by atoms with van der Waals surface area (Å²) >= 11 is 0. The molecule has 0 aliphatic heterocycles. The van der Waals surface area contributed by atoms with Crippen molar-refractivity contribution in [3.63, 3.8) is 0 Å². The maximum absolute atomic E-state index is 8.06. The zero-order chi connectivity index (χ0) is 2.00. The fraction of sp³-hybridized carbons (Fsp3) is 0. The Morgan fingerprint density at radius 2 is 0.833 bits per heavy atom. The molecule has 0 aliphatic rings. The summed E-state index contributed by atoms with van der Waals surface area (Å²) in [4.78, 5) is 0. The molecule has 0 N–H and O–H groups in total. The van der Waals surface area contributed by atoms with E-state index in [0.29, 0.717) is 0 Å². The van der Waals surface area contributed by atoms with Gasteiger partial charge in [-0.3, -0.25) is 0 Å². The van der Waals surface area contributed by atoms with E-state index in [1.165, 1.54) is 0 Å². The molecule has 0 saturated heterocycles. The van der Waals surface area contributed by atoms with Crippen LogP contribution in [-0.2, 0) is 42.6 Å². The van der Waals surface area contributed by atoms with Crippen molar-refractivity contribution in [2.75, 3.05) is 0 Å². The first kappa shape index (κ1) is 80.2. The zero-order valence-corrected chi connectivity index (χ0v) is 5.19. The fourth-order valence-electron chi connectivity index (χ4n) is 0. The molecule has 0 aromatic carbocycles. The van der Waals surface area contributed by atoms with E-state index < -0.39 is 0 Å². The molecule has 0 bridgehead atoms. The molecule has 0 aromatic rings. The van der Waals surface area contributed by atoms with Crippen molar-refractivity contribution in [3.8, 4) is 0 Å². The predicted molar refractivity (Wildman–Crippen MR) is 8.50 cm³/mol. The Bertz CT molecular complexity index is 7.51. The average Bonchev–Trinajstić information content (AvgIpc) is 1.00. The molecule has 0 amide bonds. The molecule has 0 spiro atoms. The van der Waals surface area contributed by atoms with Gasteiger partial charge < -0.3 is 16.4 Å². The van der Waals surface area contributed by atoms with E-state index in [9.17, 15) is 0 Å². The van der Waals surface area contributed by atoms with Crippen molar-refractivity contribution in [1.82, 2.24) is 0 Å². The maximum atomic E-state index is 8.06. The molecule has 0 radical (unpaired) electrons. The Morgan fingerprint density at radius 1 is 0.833 bits per heavy atom. The van der Waals surface area contributed by atoms with E-state index in [0.717, 1.165) is 0 Å². The Kier molecular flexibility index (Phi) is 4270. The Balaban J connectivity index is -0.000000000833. The van der Waals surface area contributed by atoms with Crippen LogP contribution in [0.5, 0.6) is 0 Å². The minimum absolute atomic E-state index is 0. The van der Waals surface area contributed by atoms with E-state index in [4.69, 9.17) is 4.46 Å². The second kappa shape index (κ2) is 319. The van der Waals surface area contributed by atoms with Gasteiger partial charge in [-0.1, -0.05) is 0 Å². The van der Waals surface area contributed by atoms with Gasteiger partial charge in [0.2, 0.25) is 0 Å². The van der Waals surface area contributed by atoms with E-state index >= 15 is 0 Å². The Hall–Kier alpha value is 0.611. The minimum Gasteiger partial charge on any atom is -2.00 e. The molecule has 0 atom stereocenters. The second-order valence-corrected chi connectivity index (χ2v) is 0. The monoisotopic (exact) mass is 140 g/mol. The van der Waals surface area contributed by atoms with Crippen LogP contribution in [0.25, 0.3) is 0 Å². The van der Waals surface area contributed by atoms with Gasteiger partial charge in [-0.05, 0) is 0 Å². The standard InChI is InChI=1S/OSi.3O.Ti/c1-2;;;;/q+2;3*-2;+4. The third-order valence-electron chi connectivity index (χ3n) is 0. The smallest absolute Gasteiger partial charge is 2.00 e. The molecule has 0 rings (SSSR count). The van der Waals surface area contributed by atoms with Crippen molar-refractivity contribution >= 4 is 10.1 Å². The summed E-state index contributed by atoms with van der Waals surface area (Å²) in [5, 5.41) is 0. The van der Waals surface area contributed by atoms with Crippen LogP contribution in [0.2, 0.25) is 0 Å². The molecule has 0 heterocycles. The van der Waals surface area contributed by atoms with Crippen molar-refractivity contribution in [3.05, 3.63) is 0 Å². The van der Waals surface area contributed by atoms with Crippen LogP contribution in [0, 0.1) is 0 Å². The molecule has 0 aliphatic carbocycles. The van der Waals surface area contributed by atoms with Crippen LogP contribution < -0.4 is 0 Å². The van der Waals surface area contributed by atoms with Crippen molar-refractivity contribution in [1.29, 1.82) is 0 Å². The summed E-state index contributed by atoms with van der Waals surface area (Å²) in [5.74, 6) is 0. The summed E-state index contributed by atoms with van der Waals surface area (Å²) in [7, 11) is 1.72. The van der Waals surface area contributed by atoms with E-state index in [-0.39, 0.29) is 38.1 Å². The van der Waals surface area contributed by atoms with Crippen molar-refractivity contribution < 1.29 is 42.6 Å². The molecule has 6 heteroatoms. The van der Waals surface area contributed by atoms with Gasteiger partial charge >= 0.3 is 36.3 Å². The topological polar surface area (TPSA) is 103 Å². The summed E-state index contributed by atoms with van der Waals surface area (Å²) < 4.78 is 8.06. The van der Waals surface area contributed by atoms with E-state index in [1.807, 2.05) is 0 Å². The van der Waals surface area contributed by atoms with Crippen molar-refractivity contribution in [2.24, 2.45) is 0 Å². The summed E-state index contributed by atoms with van der Waals surface area (Å²) in [6, 6.07) is 0. The molecule has 0 saturated carbocycles. The van der Waals surface area contributed by atoms with Crippen LogP contribution in [0.1, 0.15) is 0 Å². The summed E-state index contributed by atoms with van der Waals surface area (Å²) in [5.41, 5.74) is 0.